The molecule has 3 N–H and O–H groups in total. The topological polar surface area (TPSA) is 132 Å². The number of anilines is 1. The van der Waals surface area contributed by atoms with Crippen molar-refractivity contribution in [3.8, 4) is 0 Å². The van der Waals surface area contributed by atoms with E-state index in [2.05, 4.69) is 22.1 Å². The van der Waals surface area contributed by atoms with Crippen LogP contribution in [0.2, 0.25) is 0 Å². The maximum Gasteiger partial charge on any atom is 0.404 e. The first kappa shape index (κ1) is 27.9. The van der Waals surface area contributed by atoms with Gasteiger partial charge in [0, 0.05) is 18.8 Å². The number of rotatable bonds is 11. The molecule has 0 bridgehead atoms. The summed E-state index contributed by atoms with van der Waals surface area (Å²) in [6, 6.07) is 9.62. The van der Waals surface area contributed by atoms with Crippen LogP contribution < -0.4 is 16.0 Å². The number of ether oxygens (including phenoxy) is 1. The fourth-order valence-corrected chi connectivity index (χ4v) is 5.88. The zero-order chi connectivity index (χ0) is 27.3. The fourth-order valence-electron chi connectivity index (χ4n) is 5.00. The first-order chi connectivity index (χ1) is 18.2. The second-order valence-corrected chi connectivity index (χ2v) is 12.8. The summed E-state index contributed by atoms with van der Waals surface area (Å²) in [7, 11) is -3.36. The maximum absolute atomic E-state index is 13.1. The van der Waals surface area contributed by atoms with E-state index in [9.17, 15) is 18.0 Å². The third kappa shape index (κ3) is 7.24. The van der Waals surface area contributed by atoms with Crippen LogP contribution in [0.4, 0.5) is 10.6 Å². The highest BCUT2D eigenvalue weighted by Crippen LogP contribution is 2.35. The van der Waals surface area contributed by atoms with E-state index >= 15 is 0 Å². The molecule has 1 aromatic carbocycles. The predicted molar refractivity (Wildman–Crippen MR) is 146 cm³/mol. The number of aromatic nitrogens is 1. The Labute approximate surface area is 225 Å². The van der Waals surface area contributed by atoms with Crippen molar-refractivity contribution in [2.75, 3.05) is 23.8 Å². The van der Waals surface area contributed by atoms with Crippen molar-refractivity contribution >= 4 is 27.7 Å². The standard InChI is InChI=1S/C28H38N4O5S/c1-3-38(35,36)24-13-8-21(9-14-24)25(18-37-28(29)34)31-27(33)22-10-15-26(30-16-22)32(23-11-12-23)17-20-6-4-19(2)5-7-20/h8-10,13-16,19-20,23,25H,3-7,11-12,17-18H2,1-2H3,(H2,29,34)(H,31,33)/t19-,20-,25-/m0/s1. The minimum atomic E-state index is -3.36. The van der Waals surface area contributed by atoms with Crippen LogP contribution in [0.15, 0.2) is 47.5 Å². The Kier molecular flexibility index (Phi) is 8.91. The predicted octanol–water partition coefficient (Wildman–Crippen LogP) is 4.24. The van der Waals surface area contributed by atoms with Gasteiger partial charge in [0.1, 0.15) is 12.4 Å². The lowest BCUT2D eigenvalue weighted by molar-refractivity contribution is 0.0898. The van der Waals surface area contributed by atoms with Gasteiger partial charge in [-0.1, -0.05) is 38.8 Å². The number of hydrogen-bond acceptors (Lipinski definition) is 7. The number of pyridine rings is 1. The summed E-state index contributed by atoms with van der Waals surface area (Å²) in [6.45, 7) is 4.72. The van der Waals surface area contributed by atoms with E-state index in [4.69, 9.17) is 10.5 Å². The van der Waals surface area contributed by atoms with Crippen molar-refractivity contribution in [3.63, 3.8) is 0 Å². The van der Waals surface area contributed by atoms with Crippen molar-refractivity contribution in [3.05, 3.63) is 53.7 Å². The molecule has 1 heterocycles. The molecule has 10 heteroatoms. The van der Waals surface area contributed by atoms with Gasteiger partial charge in [-0.2, -0.15) is 0 Å². The molecular formula is C28H38N4O5S. The summed E-state index contributed by atoms with van der Waals surface area (Å²) in [4.78, 5) is 31.5. The molecule has 0 spiro atoms. The van der Waals surface area contributed by atoms with Gasteiger partial charge in [-0.15, -0.1) is 0 Å². The number of carbonyl (C=O) groups is 2. The molecule has 0 unspecified atom stereocenters. The highest BCUT2D eigenvalue weighted by atomic mass is 32.2. The Morgan fingerprint density at radius 2 is 1.76 bits per heavy atom. The number of hydrogen-bond donors (Lipinski definition) is 2. The molecule has 0 radical (unpaired) electrons. The second-order valence-electron chi connectivity index (χ2n) is 10.5. The number of nitrogens with one attached hydrogen (secondary N) is 1. The molecular weight excluding hydrogens is 504 g/mol. The van der Waals surface area contributed by atoms with Crippen molar-refractivity contribution in [2.24, 2.45) is 17.6 Å². The summed E-state index contributed by atoms with van der Waals surface area (Å²) in [5.74, 6) is 1.99. The zero-order valence-corrected chi connectivity index (χ0v) is 23.0. The van der Waals surface area contributed by atoms with E-state index < -0.39 is 22.0 Å². The summed E-state index contributed by atoms with van der Waals surface area (Å²) < 4.78 is 29.2. The normalized spacial score (nSPS) is 20.4. The summed E-state index contributed by atoms with van der Waals surface area (Å²) in [5.41, 5.74) is 6.10. The van der Waals surface area contributed by atoms with Crippen LogP contribution in [0, 0.1) is 11.8 Å². The Morgan fingerprint density at radius 1 is 1.08 bits per heavy atom. The summed E-state index contributed by atoms with van der Waals surface area (Å²) in [6.07, 6.45) is 8.04. The Bertz CT molecular complexity index is 1200. The van der Waals surface area contributed by atoms with Crippen molar-refractivity contribution < 1.29 is 22.7 Å². The highest BCUT2D eigenvalue weighted by Gasteiger charge is 2.32. The molecule has 2 fully saturated rings. The molecule has 206 valence electrons. The molecule has 9 nitrogen and oxygen atoms in total. The van der Waals surface area contributed by atoms with Crippen LogP contribution in [0.1, 0.15) is 74.3 Å². The highest BCUT2D eigenvalue weighted by molar-refractivity contribution is 7.91. The molecule has 1 aromatic heterocycles. The van der Waals surface area contributed by atoms with Crippen molar-refractivity contribution in [1.82, 2.24) is 10.3 Å². The minimum absolute atomic E-state index is 0.0155. The van der Waals surface area contributed by atoms with Crippen LogP contribution in [0.3, 0.4) is 0 Å². The lowest BCUT2D eigenvalue weighted by Crippen LogP contribution is -2.34. The molecule has 2 aliphatic carbocycles. The Morgan fingerprint density at radius 3 is 2.32 bits per heavy atom. The molecule has 38 heavy (non-hydrogen) atoms. The lowest BCUT2D eigenvalue weighted by Gasteiger charge is -2.32. The zero-order valence-electron chi connectivity index (χ0n) is 22.1. The number of benzene rings is 1. The quantitative estimate of drug-likeness (QED) is 0.434. The van der Waals surface area contributed by atoms with Gasteiger partial charge in [0.25, 0.3) is 5.91 Å². The van der Waals surface area contributed by atoms with Gasteiger partial charge in [-0.25, -0.2) is 18.2 Å². The van der Waals surface area contributed by atoms with Gasteiger partial charge in [0.05, 0.1) is 22.3 Å². The monoisotopic (exact) mass is 542 g/mol. The molecule has 4 rings (SSSR count). The van der Waals surface area contributed by atoms with E-state index in [1.165, 1.54) is 50.7 Å². The maximum atomic E-state index is 13.1. The van der Waals surface area contributed by atoms with Crippen molar-refractivity contribution in [1.29, 1.82) is 0 Å². The molecule has 2 amide bonds. The number of primary amides is 1. The molecule has 0 aliphatic heterocycles. The van der Waals surface area contributed by atoms with Gasteiger partial charge in [0.15, 0.2) is 9.84 Å². The molecule has 1 atom stereocenters. The van der Waals surface area contributed by atoms with Gasteiger partial charge in [-0.05, 0) is 67.3 Å². The van der Waals surface area contributed by atoms with Crippen LogP contribution in [-0.4, -0.2) is 50.3 Å². The third-order valence-corrected chi connectivity index (χ3v) is 9.35. The smallest absolute Gasteiger partial charge is 0.404 e. The Hall–Kier alpha value is -3.14. The van der Waals surface area contributed by atoms with Crippen LogP contribution >= 0.6 is 0 Å². The van der Waals surface area contributed by atoms with Crippen molar-refractivity contribution in [2.45, 2.75) is 69.4 Å². The van der Waals surface area contributed by atoms with Gasteiger partial charge < -0.3 is 20.7 Å². The number of nitrogens with two attached hydrogens (primary N) is 1. The SMILES string of the molecule is CCS(=O)(=O)c1ccc([C@H](COC(N)=O)NC(=O)c2ccc(N(C[C@H]3CC[C@H](C)CC3)C3CC3)nc2)cc1. The van der Waals surface area contributed by atoms with Gasteiger partial charge in [0.2, 0.25) is 0 Å². The van der Waals surface area contributed by atoms with E-state index in [0.29, 0.717) is 23.1 Å². The number of amides is 2. The lowest BCUT2D eigenvalue weighted by atomic mass is 9.83. The van der Waals surface area contributed by atoms with Crippen LogP contribution in [0.5, 0.6) is 0 Å². The average Bonchev–Trinajstić information content (AvgIpc) is 3.76. The van der Waals surface area contributed by atoms with Crippen LogP contribution in [0.25, 0.3) is 0 Å². The summed E-state index contributed by atoms with van der Waals surface area (Å²) in [5, 5.41) is 2.86. The van der Waals surface area contributed by atoms with E-state index in [1.807, 2.05) is 6.07 Å². The number of sulfone groups is 1. The molecule has 2 saturated carbocycles. The minimum Gasteiger partial charge on any atom is -0.447 e. The number of nitrogens with zero attached hydrogens (tertiary/aromatic N) is 2. The van der Waals surface area contributed by atoms with Gasteiger partial charge in [-0.3, -0.25) is 4.79 Å². The number of carbonyl (C=O) groups excluding carboxylic acids is 2. The average molecular weight is 543 g/mol. The first-order valence-corrected chi connectivity index (χ1v) is 15.1. The Balaban J connectivity index is 1.45. The second kappa shape index (κ2) is 12.1. The molecule has 2 aromatic rings. The summed E-state index contributed by atoms with van der Waals surface area (Å²) >= 11 is 0. The van der Waals surface area contributed by atoms with Crippen LogP contribution in [-0.2, 0) is 14.6 Å². The largest absolute Gasteiger partial charge is 0.447 e. The van der Waals surface area contributed by atoms with E-state index in [1.54, 1.807) is 31.3 Å². The fraction of sp³-hybridized carbons (Fsp3) is 0.536. The third-order valence-electron chi connectivity index (χ3n) is 7.60. The van der Waals surface area contributed by atoms with E-state index in [0.717, 1.165) is 18.3 Å². The first-order valence-electron chi connectivity index (χ1n) is 13.4. The molecule has 2 aliphatic rings. The molecule has 0 saturated heterocycles. The van der Waals surface area contributed by atoms with E-state index in [-0.39, 0.29) is 23.2 Å². The van der Waals surface area contributed by atoms with Gasteiger partial charge >= 0.3 is 6.09 Å².